The van der Waals surface area contributed by atoms with Gasteiger partial charge >= 0.3 is 0 Å². The molecule has 1 N–H and O–H groups in total. The van der Waals surface area contributed by atoms with Crippen molar-refractivity contribution in [1.82, 2.24) is 5.32 Å². The number of carbonyl (C=O) groups excluding carboxylic acids is 1. The first kappa shape index (κ1) is 15.2. The number of nitrogens with one attached hydrogen (secondary N) is 1. The van der Waals surface area contributed by atoms with Gasteiger partial charge < -0.3 is 14.8 Å². The molecule has 1 fully saturated rings. The zero-order chi connectivity index (χ0) is 16.4. The second-order valence-corrected chi connectivity index (χ2v) is 6.40. The van der Waals surface area contributed by atoms with E-state index in [1.807, 2.05) is 0 Å². The van der Waals surface area contributed by atoms with Gasteiger partial charge in [0.2, 0.25) is 5.91 Å². The summed E-state index contributed by atoms with van der Waals surface area (Å²) >= 11 is 0. The number of benzene rings is 2. The van der Waals surface area contributed by atoms with E-state index in [1.54, 1.807) is 0 Å². The Kier molecular flexibility index (Phi) is 4.22. The summed E-state index contributed by atoms with van der Waals surface area (Å²) in [6, 6.07) is 14.7. The van der Waals surface area contributed by atoms with Crippen LogP contribution in [0.1, 0.15) is 17.5 Å². The molecule has 0 bridgehead atoms. The van der Waals surface area contributed by atoms with Crippen molar-refractivity contribution in [2.45, 2.75) is 19.4 Å². The van der Waals surface area contributed by atoms with E-state index in [0.717, 1.165) is 30.8 Å². The Balaban J connectivity index is 1.40. The van der Waals surface area contributed by atoms with E-state index in [4.69, 9.17) is 9.47 Å². The lowest BCUT2D eigenvalue weighted by molar-refractivity contribution is -0.125. The summed E-state index contributed by atoms with van der Waals surface area (Å²) in [4.78, 5) is 12.0. The van der Waals surface area contributed by atoms with Crippen LogP contribution in [-0.4, -0.2) is 25.7 Å². The molecule has 4 nitrogen and oxygen atoms in total. The fraction of sp³-hybridized carbons (Fsp3) is 0.350. The van der Waals surface area contributed by atoms with Gasteiger partial charge in [0, 0.05) is 19.6 Å². The van der Waals surface area contributed by atoms with E-state index >= 15 is 0 Å². The Morgan fingerprint density at radius 2 is 1.92 bits per heavy atom. The van der Waals surface area contributed by atoms with Crippen LogP contribution in [0, 0.1) is 5.92 Å². The highest BCUT2D eigenvalue weighted by atomic mass is 16.5. The van der Waals surface area contributed by atoms with Gasteiger partial charge in [-0.1, -0.05) is 30.3 Å². The van der Waals surface area contributed by atoms with Crippen molar-refractivity contribution in [3.63, 3.8) is 0 Å². The molecule has 4 rings (SSSR count). The van der Waals surface area contributed by atoms with Gasteiger partial charge in [0.1, 0.15) is 5.75 Å². The van der Waals surface area contributed by atoms with Crippen LogP contribution in [0.5, 0.6) is 5.75 Å². The van der Waals surface area contributed by atoms with Gasteiger partial charge in [0.15, 0.2) is 0 Å². The Labute approximate surface area is 141 Å². The number of hydrogen-bond donors (Lipinski definition) is 1. The molecule has 124 valence electrons. The monoisotopic (exact) mass is 323 g/mol. The van der Waals surface area contributed by atoms with Crippen LogP contribution in [0.25, 0.3) is 11.1 Å². The highest BCUT2D eigenvalue weighted by Crippen LogP contribution is 2.30. The summed E-state index contributed by atoms with van der Waals surface area (Å²) in [6.07, 6.45) is 1.81. The van der Waals surface area contributed by atoms with Crippen molar-refractivity contribution in [3.05, 3.63) is 53.6 Å². The SMILES string of the molecule is O=C(NCc1ccc(-c2ccc3c(c2)CCO3)cc1)C1CCOC1. The molecule has 0 radical (unpaired) electrons. The van der Waals surface area contributed by atoms with E-state index in [9.17, 15) is 4.79 Å². The van der Waals surface area contributed by atoms with Gasteiger partial charge in [0.05, 0.1) is 19.1 Å². The molecule has 1 amide bonds. The first-order valence-corrected chi connectivity index (χ1v) is 8.50. The highest BCUT2D eigenvalue weighted by molar-refractivity contribution is 5.79. The Hall–Kier alpha value is -2.33. The lowest BCUT2D eigenvalue weighted by Gasteiger charge is -2.10. The number of fused-ring (bicyclic) bond motifs is 1. The number of carbonyl (C=O) groups is 1. The first-order chi connectivity index (χ1) is 11.8. The molecular formula is C20H21NO3. The third kappa shape index (κ3) is 3.15. The molecule has 1 saturated heterocycles. The van der Waals surface area contributed by atoms with Gasteiger partial charge in [-0.05, 0) is 40.8 Å². The van der Waals surface area contributed by atoms with Crippen LogP contribution in [0.15, 0.2) is 42.5 Å². The van der Waals surface area contributed by atoms with Crippen molar-refractivity contribution in [2.24, 2.45) is 5.92 Å². The van der Waals surface area contributed by atoms with Crippen LogP contribution in [0.2, 0.25) is 0 Å². The molecular weight excluding hydrogens is 302 g/mol. The standard InChI is InChI=1S/C20H21NO3/c22-20(18-7-9-23-13-18)21-12-14-1-3-15(4-2-14)16-5-6-19-17(11-16)8-10-24-19/h1-6,11,18H,7-10,12-13H2,(H,21,22). The molecule has 2 aliphatic heterocycles. The van der Waals surface area contributed by atoms with Crippen molar-refractivity contribution in [2.75, 3.05) is 19.8 Å². The second-order valence-electron chi connectivity index (χ2n) is 6.40. The van der Waals surface area contributed by atoms with E-state index in [2.05, 4.69) is 47.8 Å². The average molecular weight is 323 g/mol. The van der Waals surface area contributed by atoms with Gasteiger partial charge in [-0.15, -0.1) is 0 Å². The van der Waals surface area contributed by atoms with Crippen LogP contribution < -0.4 is 10.1 Å². The minimum atomic E-state index is 0.0119. The third-order valence-electron chi connectivity index (χ3n) is 4.74. The maximum absolute atomic E-state index is 12.0. The van der Waals surface area contributed by atoms with E-state index in [-0.39, 0.29) is 11.8 Å². The van der Waals surface area contributed by atoms with Crippen LogP contribution in [0.4, 0.5) is 0 Å². The van der Waals surface area contributed by atoms with Gasteiger partial charge in [-0.2, -0.15) is 0 Å². The molecule has 0 spiro atoms. The van der Waals surface area contributed by atoms with Crippen molar-refractivity contribution in [3.8, 4) is 16.9 Å². The van der Waals surface area contributed by atoms with Crippen LogP contribution in [-0.2, 0) is 22.5 Å². The molecule has 0 aromatic heterocycles. The summed E-state index contributed by atoms with van der Waals surface area (Å²) in [7, 11) is 0. The summed E-state index contributed by atoms with van der Waals surface area (Å²) in [6.45, 7) is 2.59. The first-order valence-electron chi connectivity index (χ1n) is 8.50. The maximum Gasteiger partial charge on any atom is 0.225 e. The largest absolute Gasteiger partial charge is 0.493 e. The number of ether oxygens (including phenoxy) is 2. The van der Waals surface area contributed by atoms with Gasteiger partial charge in [0.25, 0.3) is 0 Å². The number of hydrogen-bond acceptors (Lipinski definition) is 3. The molecule has 1 atom stereocenters. The second kappa shape index (κ2) is 6.65. The molecule has 24 heavy (non-hydrogen) atoms. The molecule has 2 aromatic rings. The smallest absolute Gasteiger partial charge is 0.225 e. The minimum Gasteiger partial charge on any atom is -0.493 e. The van der Waals surface area contributed by atoms with Crippen molar-refractivity contribution >= 4 is 5.91 Å². The van der Waals surface area contributed by atoms with Crippen molar-refractivity contribution < 1.29 is 14.3 Å². The molecule has 0 aliphatic carbocycles. The van der Waals surface area contributed by atoms with Crippen molar-refractivity contribution in [1.29, 1.82) is 0 Å². The van der Waals surface area contributed by atoms with Crippen LogP contribution >= 0.6 is 0 Å². The van der Waals surface area contributed by atoms with E-state index in [0.29, 0.717) is 19.8 Å². The molecule has 2 aromatic carbocycles. The lowest BCUT2D eigenvalue weighted by atomic mass is 10.0. The predicted molar refractivity (Wildman–Crippen MR) is 91.8 cm³/mol. The highest BCUT2D eigenvalue weighted by Gasteiger charge is 2.22. The molecule has 2 aliphatic rings. The molecule has 2 heterocycles. The summed E-state index contributed by atoms with van der Waals surface area (Å²) < 4.78 is 10.8. The quantitative estimate of drug-likeness (QED) is 0.941. The Morgan fingerprint density at radius 1 is 1.08 bits per heavy atom. The lowest BCUT2D eigenvalue weighted by Crippen LogP contribution is -2.30. The zero-order valence-electron chi connectivity index (χ0n) is 13.6. The zero-order valence-corrected chi connectivity index (χ0v) is 13.6. The maximum atomic E-state index is 12.0. The summed E-state index contributed by atoms with van der Waals surface area (Å²) in [5.41, 5.74) is 4.78. The summed E-state index contributed by atoms with van der Waals surface area (Å²) in [5, 5.41) is 3.00. The fourth-order valence-electron chi connectivity index (χ4n) is 3.26. The van der Waals surface area contributed by atoms with E-state index in [1.165, 1.54) is 16.7 Å². The third-order valence-corrected chi connectivity index (χ3v) is 4.74. The Bertz CT molecular complexity index is 733. The summed E-state index contributed by atoms with van der Waals surface area (Å²) in [5.74, 6) is 1.11. The van der Waals surface area contributed by atoms with Gasteiger partial charge in [-0.25, -0.2) is 0 Å². The average Bonchev–Trinajstić information content (AvgIpc) is 3.31. The topological polar surface area (TPSA) is 47.6 Å². The molecule has 1 unspecified atom stereocenters. The fourth-order valence-corrected chi connectivity index (χ4v) is 3.26. The normalized spacial score (nSPS) is 18.9. The molecule has 0 saturated carbocycles. The number of rotatable bonds is 4. The predicted octanol–water partition coefficient (Wildman–Crippen LogP) is 2.94. The Morgan fingerprint density at radius 3 is 2.71 bits per heavy atom. The number of amides is 1. The minimum absolute atomic E-state index is 0.0119. The molecule has 4 heteroatoms. The van der Waals surface area contributed by atoms with Gasteiger partial charge in [-0.3, -0.25) is 4.79 Å². The van der Waals surface area contributed by atoms with E-state index < -0.39 is 0 Å². The van der Waals surface area contributed by atoms with Crippen LogP contribution in [0.3, 0.4) is 0 Å².